The maximum atomic E-state index is 12.9. The molecular formula is C14H12FN3. The third kappa shape index (κ3) is 1.72. The number of aromatic nitrogens is 2. The minimum Gasteiger partial charge on any atom is -0.396 e. The van der Waals surface area contributed by atoms with Gasteiger partial charge in [0.2, 0.25) is 0 Å². The number of hydrogen-bond donors (Lipinski definition) is 1. The SMILES string of the molecule is Cc1cc(N)c2nc(-c3ccc(F)cc3)cn2c1. The summed E-state index contributed by atoms with van der Waals surface area (Å²) in [5, 5.41) is 0. The molecule has 0 saturated carbocycles. The van der Waals surface area contributed by atoms with Gasteiger partial charge in [0.15, 0.2) is 5.65 Å². The number of aryl methyl sites for hydroxylation is 1. The van der Waals surface area contributed by atoms with Crippen molar-refractivity contribution in [3.8, 4) is 11.3 Å². The Morgan fingerprint density at radius 1 is 1.17 bits per heavy atom. The Hall–Kier alpha value is -2.36. The first-order valence-corrected chi connectivity index (χ1v) is 5.64. The van der Waals surface area contributed by atoms with Gasteiger partial charge in [-0.3, -0.25) is 0 Å². The highest BCUT2D eigenvalue weighted by molar-refractivity contribution is 5.71. The summed E-state index contributed by atoms with van der Waals surface area (Å²) >= 11 is 0. The van der Waals surface area contributed by atoms with E-state index in [9.17, 15) is 4.39 Å². The number of nitrogen functional groups attached to an aromatic ring is 1. The second-order valence-corrected chi connectivity index (χ2v) is 4.34. The van der Waals surface area contributed by atoms with Gasteiger partial charge < -0.3 is 10.1 Å². The average Bonchev–Trinajstić information content (AvgIpc) is 2.74. The number of fused-ring (bicyclic) bond motifs is 1. The molecular weight excluding hydrogens is 229 g/mol. The molecule has 3 rings (SSSR count). The van der Waals surface area contributed by atoms with E-state index in [1.807, 2.05) is 29.8 Å². The fraction of sp³-hybridized carbons (Fsp3) is 0.0714. The molecule has 0 aliphatic rings. The van der Waals surface area contributed by atoms with Crippen LogP contribution in [0.3, 0.4) is 0 Å². The Labute approximate surface area is 104 Å². The zero-order chi connectivity index (χ0) is 12.7. The van der Waals surface area contributed by atoms with Crippen molar-refractivity contribution in [1.29, 1.82) is 0 Å². The van der Waals surface area contributed by atoms with Crippen molar-refractivity contribution >= 4 is 11.3 Å². The first-order chi connectivity index (χ1) is 8.63. The molecule has 18 heavy (non-hydrogen) atoms. The van der Waals surface area contributed by atoms with Crippen LogP contribution in [0, 0.1) is 12.7 Å². The number of imidazole rings is 1. The summed E-state index contributed by atoms with van der Waals surface area (Å²) in [5.74, 6) is -0.252. The molecule has 0 fully saturated rings. The first-order valence-electron chi connectivity index (χ1n) is 5.64. The summed E-state index contributed by atoms with van der Waals surface area (Å²) in [7, 11) is 0. The number of hydrogen-bond acceptors (Lipinski definition) is 2. The lowest BCUT2D eigenvalue weighted by atomic mass is 10.2. The van der Waals surface area contributed by atoms with E-state index < -0.39 is 0 Å². The topological polar surface area (TPSA) is 43.3 Å². The van der Waals surface area contributed by atoms with Gasteiger partial charge >= 0.3 is 0 Å². The van der Waals surface area contributed by atoms with Crippen LogP contribution in [0.15, 0.2) is 42.7 Å². The molecule has 2 N–H and O–H groups in total. The molecule has 0 aliphatic carbocycles. The molecule has 1 aromatic carbocycles. The van der Waals surface area contributed by atoms with E-state index in [0.717, 1.165) is 22.5 Å². The highest BCUT2D eigenvalue weighted by Crippen LogP contribution is 2.22. The van der Waals surface area contributed by atoms with Crippen molar-refractivity contribution in [2.45, 2.75) is 6.92 Å². The smallest absolute Gasteiger partial charge is 0.160 e. The Morgan fingerprint density at radius 2 is 1.89 bits per heavy atom. The molecule has 0 bridgehead atoms. The number of nitrogens with two attached hydrogens (primary N) is 1. The standard InChI is InChI=1S/C14H12FN3/c1-9-6-12(16)14-17-13(8-18(14)7-9)10-2-4-11(15)5-3-10/h2-8H,16H2,1H3. The van der Waals surface area contributed by atoms with Crippen molar-refractivity contribution in [2.24, 2.45) is 0 Å². The van der Waals surface area contributed by atoms with Crippen molar-refractivity contribution in [1.82, 2.24) is 9.38 Å². The molecule has 0 atom stereocenters. The quantitative estimate of drug-likeness (QED) is 0.711. The highest BCUT2D eigenvalue weighted by atomic mass is 19.1. The van der Waals surface area contributed by atoms with Gasteiger partial charge in [-0.05, 0) is 42.8 Å². The van der Waals surface area contributed by atoms with Gasteiger partial charge in [0.25, 0.3) is 0 Å². The molecule has 0 unspecified atom stereocenters. The molecule has 0 amide bonds. The van der Waals surface area contributed by atoms with Gasteiger partial charge in [0.05, 0.1) is 11.4 Å². The van der Waals surface area contributed by atoms with E-state index in [-0.39, 0.29) is 5.82 Å². The number of halogens is 1. The maximum absolute atomic E-state index is 12.9. The molecule has 2 aromatic heterocycles. The molecule has 3 nitrogen and oxygen atoms in total. The minimum absolute atomic E-state index is 0.252. The molecule has 0 spiro atoms. The largest absolute Gasteiger partial charge is 0.396 e. The van der Waals surface area contributed by atoms with Crippen LogP contribution in [-0.2, 0) is 0 Å². The van der Waals surface area contributed by atoms with Crippen LogP contribution in [0.1, 0.15) is 5.56 Å². The van der Waals surface area contributed by atoms with Crippen LogP contribution in [0.2, 0.25) is 0 Å². The fourth-order valence-electron chi connectivity index (χ4n) is 2.03. The number of nitrogens with zero attached hydrogens (tertiary/aromatic N) is 2. The van der Waals surface area contributed by atoms with Gasteiger partial charge in [0, 0.05) is 18.0 Å². The molecule has 0 saturated heterocycles. The van der Waals surface area contributed by atoms with E-state index in [2.05, 4.69) is 4.98 Å². The Balaban J connectivity index is 2.19. The fourth-order valence-corrected chi connectivity index (χ4v) is 2.03. The number of benzene rings is 1. The van der Waals surface area contributed by atoms with Crippen LogP contribution in [0.4, 0.5) is 10.1 Å². The molecule has 90 valence electrons. The number of pyridine rings is 1. The summed E-state index contributed by atoms with van der Waals surface area (Å²) in [6, 6.07) is 8.15. The third-order valence-electron chi connectivity index (χ3n) is 2.86. The van der Waals surface area contributed by atoms with Gasteiger partial charge in [-0.2, -0.15) is 0 Å². The summed E-state index contributed by atoms with van der Waals surface area (Å²) < 4.78 is 14.8. The van der Waals surface area contributed by atoms with Gasteiger partial charge in [-0.1, -0.05) is 0 Å². The zero-order valence-corrected chi connectivity index (χ0v) is 9.89. The number of rotatable bonds is 1. The summed E-state index contributed by atoms with van der Waals surface area (Å²) in [6.45, 7) is 1.98. The molecule has 3 aromatic rings. The lowest BCUT2D eigenvalue weighted by Gasteiger charge is -1.98. The van der Waals surface area contributed by atoms with Crippen molar-refractivity contribution in [3.05, 3.63) is 54.1 Å². The van der Waals surface area contributed by atoms with E-state index in [0.29, 0.717) is 5.69 Å². The second-order valence-electron chi connectivity index (χ2n) is 4.34. The first kappa shape index (κ1) is 10.8. The van der Waals surface area contributed by atoms with E-state index in [4.69, 9.17) is 5.73 Å². The highest BCUT2D eigenvalue weighted by Gasteiger charge is 2.07. The van der Waals surface area contributed by atoms with Gasteiger partial charge in [-0.15, -0.1) is 0 Å². The predicted molar refractivity (Wildman–Crippen MR) is 69.7 cm³/mol. The van der Waals surface area contributed by atoms with Crippen molar-refractivity contribution < 1.29 is 4.39 Å². The Morgan fingerprint density at radius 3 is 2.61 bits per heavy atom. The lowest BCUT2D eigenvalue weighted by molar-refractivity contribution is 0.628. The third-order valence-corrected chi connectivity index (χ3v) is 2.86. The summed E-state index contributed by atoms with van der Waals surface area (Å²) in [6.07, 6.45) is 3.86. The van der Waals surface area contributed by atoms with Crippen LogP contribution >= 0.6 is 0 Å². The summed E-state index contributed by atoms with van der Waals surface area (Å²) in [5.41, 5.74) is 10.0. The molecule has 2 heterocycles. The normalized spacial score (nSPS) is 11.0. The maximum Gasteiger partial charge on any atom is 0.160 e. The van der Waals surface area contributed by atoms with Crippen LogP contribution in [0.25, 0.3) is 16.9 Å². The molecule has 0 aliphatic heterocycles. The minimum atomic E-state index is -0.252. The zero-order valence-electron chi connectivity index (χ0n) is 9.89. The Kier molecular flexibility index (Phi) is 2.30. The molecule has 4 heteroatoms. The monoisotopic (exact) mass is 241 g/mol. The van der Waals surface area contributed by atoms with Crippen LogP contribution < -0.4 is 5.73 Å². The van der Waals surface area contributed by atoms with E-state index >= 15 is 0 Å². The van der Waals surface area contributed by atoms with E-state index in [1.54, 1.807) is 12.1 Å². The van der Waals surface area contributed by atoms with E-state index in [1.165, 1.54) is 12.1 Å². The van der Waals surface area contributed by atoms with Crippen molar-refractivity contribution in [2.75, 3.05) is 5.73 Å². The summed E-state index contributed by atoms with van der Waals surface area (Å²) in [4.78, 5) is 4.47. The van der Waals surface area contributed by atoms with Crippen LogP contribution in [0.5, 0.6) is 0 Å². The average molecular weight is 241 g/mol. The second kappa shape index (κ2) is 3.84. The Bertz CT molecular complexity index is 714. The van der Waals surface area contributed by atoms with Gasteiger partial charge in [0.1, 0.15) is 5.82 Å². The predicted octanol–water partition coefficient (Wildman–Crippen LogP) is 3.03. The molecule has 0 radical (unpaired) electrons. The number of anilines is 1. The van der Waals surface area contributed by atoms with Crippen LogP contribution in [-0.4, -0.2) is 9.38 Å². The van der Waals surface area contributed by atoms with Crippen molar-refractivity contribution in [3.63, 3.8) is 0 Å². The van der Waals surface area contributed by atoms with Gasteiger partial charge in [-0.25, -0.2) is 9.37 Å². The lowest BCUT2D eigenvalue weighted by Crippen LogP contribution is -1.93.